The van der Waals surface area contributed by atoms with E-state index in [1.165, 1.54) is 6.42 Å². The van der Waals surface area contributed by atoms with Crippen LogP contribution in [0.4, 0.5) is 0 Å². The van der Waals surface area contributed by atoms with Crippen LogP contribution in [-0.4, -0.2) is 16.7 Å². The molecule has 0 fully saturated rings. The lowest BCUT2D eigenvalue weighted by Crippen LogP contribution is -2.09. The normalized spacial score (nSPS) is 13.1. The Morgan fingerprint density at radius 1 is 1.25 bits per heavy atom. The molecule has 1 heterocycles. The summed E-state index contributed by atoms with van der Waals surface area (Å²) in [6.07, 6.45) is 2.33. The highest BCUT2D eigenvalue weighted by Crippen LogP contribution is 2.30. The predicted molar refractivity (Wildman–Crippen MR) is 84.6 cm³/mol. The maximum Gasteiger partial charge on any atom is 0.146 e. The zero-order valence-electron chi connectivity index (χ0n) is 12.7. The second-order valence-corrected chi connectivity index (χ2v) is 5.95. The van der Waals surface area contributed by atoms with Crippen molar-refractivity contribution in [2.45, 2.75) is 45.5 Å². The fourth-order valence-corrected chi connectivity index (χ4v) is 2.78. The molecule has 20 heavy (non-hydrogen) atoms. The maximum atomic E-state index is 6.08. The highest BCUT2D eigenvalue weighted by Gasteiger charge is 2.17. The number of methoxy groups -OCH3 is 1. The maximum absolute atomic E-state index is 6.08. The first-order chi connectivity index (χ1) is 9.58. The number of nitrogens with zero attached hydrogens (tertiary/aromatic N) is 2. The van der Waals surface area contributed by atoms with E-state index in [2.05, 4.69) is 36.4 Å². The highest BCUT2D eigenvalue weighted by molar-refractivity contribution is 6.16. The molecular weight excluding hydrogens is 272 g/mol. The molecule has 0 spiro atoms. The van der Waals surface area contributed by atoms with Crippen molar-refractivity contribution in [3.63, 3.8) is 0 Å². The predicted octanol–water partition coefficient (Wildman–Crippen LogP) is 4.78. The average molecular weight is 295 g/mol. The zero-order chi connectivity index (χ0) is 14.7. The Hall–Kier alpha value is -1.22. The van der Waals surface area contributed by atoms with Gasteiger partial charge in [-0.25, -0.2) is 4.98 Å². The van der Waals surface area contributed by atoms with Crippen molar-refractivity contribution < 1.29 is 4.74 Å². The number of imidazole rings is 1. The summed E-state index contributed by atoms with van der Waals surface area (Å²) in [4.78, 5) is 4.66. The third-order valence-corrected chi connectivity index (χ3v) is 3.94. The Labute approximate surface area is 125 Å². The summed E-state index contributed by atoms with van der Waals surface area (Å²) in [5, 5.41) is 0. The molecule has 0 aliphatic heterocycles. The molecule has 0 bridgehead atoms. The summed E-state index contributed by atoms with van der Waals surface area (Å²) in [5.41, 5.74) is 2.01. The Morgan fingerprint density at radius 2 is 2.00 bits per heavy atom. The average Bonchev–Trinajstić information content (AvgIpc) is 2.82. The summed E-state index contributed by atoms with van der Waals surface area (Å²) >= 11 is 6.08. The molecule has 1 unspecified atom stereocenters. The topological polar surface area (TPSA) is 27.1 Å². The molecule has 0 saturated heterocycles. The van der Waals surface area contributed by atoms with Gasteiger partial charge in [0.1, 0.15) is 17.1 Å². The molecule has 0 aliphatic rings. The molecule has 4 heteroatoms. The quantitative estimate of drug-likeness (QED) is 0.717. The van der Waals surface area contributed by atoms with Gasteiger partial charge < -0.3 is 9.30 Å². The van der Waals surface area contributed by atoms with Crippen molar-refractivity contribution >= 4 is 22.6 Å². The van der Waals surface area contributed by atoms with Gasteiger partial charge in [0.05, 0.1) is 18.5 Å². The number of ether oxygens (including phenoxy) is 1. The number of benzene rings is 1. The van der Waals surface area contributed by atoms with Gasteiger partial charge in [0.15, 0.2) is 0 Å². The Morgan fingerprint density at radius 3 is 2.60 bits per heavy atom. The van der Waals surface area contributed by atoms with E-state index in [9.17, 15) is 0 Å². The second-order valence-electron chi connectivity index (χ2n) is 5.68. The molecule has 2 aromatic rings. The SMILES string of the molecule is COc1cccc2c1nc(CCl)n2C(C)CCC(C)C. The van der Waals surface area contributed by atoms with Gasteiger partial charge in [-0.3, -0.25) is 0 Å². The van der Waals surface area contributed by atoms with Crippen molar-refractivity contribution in [2.75, 3.05) is 7.11 Å². The minimum Gasteiger partial charge on any atom is -0.494 e. The van der Waals surface area contributed by atoms with Gasteiger partial charge in [-0.15, -0.1) is 11.6 Å². The Balaban J connectivity index is 2.45. The van der Waals surface area contributed by atoms with Crippen molar-refractivity contribution in [1.29, 1.82) is 0 Å². The molecule has 0 amide bonds. The molecular formula is C16H23ClN2O. The van der Waals surface area contributed by atoms with Crippen LogP contribution in [0.5, 0.6) is 5.75 Å². The van der Waals surface area contributed by atoms with Crippen LogP contribution in [0.3, 0.4) is 0 Å². The van der Waals surface area contributed by atoms with Gasteiger partial charge in [0.2, 0.25) is 0 Å². The number of rotatable bonds is 6. The third-order valence-electron chi connectivity index (χ3n) is 3.70. The van der Waals surface area contributed by atoms with E-state index in [0.29, 0.717) is 17.8 Å². The largest absolute Gasteiger partial charge is 0.494 e. The first kappa shape index (κ1) is 15.2. The van der Waals surface area contributed by atoms with Crippen LogP contribution in [0, 0.1) is 5.92 Å². The lowest BCUT2D eigenvalue weighted by Gasteiger charge is -2.18. The zero-order valence-corrected chi connectivity index (χ0v) is 13.4. The Kier molecular flexibility index (Phi) is 4.92. The number of hydrogen-bond acceptors (Lipinski definition) is 2. The van der Waals surface area contributed by atoms with Crippen LogP contribution in [0.2, 0.25) is 0 Å². The van der Waals surface area contributed by atoms with Crippen LogP contribution in [0.1, 0.15) is 45.5 Å². The van der Waals surface area contributed by atoms with Crippen LogP contribution in [0.15, 0.2) is 18.2 Å². The summed E-state index contributed by atoms with van der Waals surface area (Å²) in [6, 6.07) is 6.43. The van der Waals surface area contributed by atoms with Gasteiger partial charge in [0, 0.05) is 6.04 Å². The number of alkyl halides is 1. The number of fused-ring (bicyclic) bond motifs is 1. The fourth-order valence-electron chi connectivity index (χ4n) is 2.59. The molecule has 0 N–H and O–H groups in total. The second kappa shape index (κ2) is 6.49. The Bertz CT molecular complexity index is 577. The minimum atomic E-state index is 0.392. The summed E-state index contributed by atoms with van der Waals surface area (Å²) in [7, 11) is 1.68. The summed E-state index contributed by atoms with van der Waals surface area (Å²) < 4.78 is 7.66. The first-order valence-corrected chi connectivity index (χ1v) is 7.71. The minimum absolute atomic E-state index is 0.392. The number of aromatic nitrogens is 2. The summed E-state index contributed by atoms with van der Waals surface area (Å²) in [5.74, 6) is 2.86. The lowest BCUT2D eigenvalue weighted by atomic mass is 10.0. The molecule has 1 aromatic carbocycles. The molecule has 0 radical (unpaired) electrons. The van der Waals surface area contributed by atoms with Gasteiger partial charge in [0.25, 0.3) is 0 Å². The van der Waals surface area contributed by atoms with E-state index in [1.807, 2.05) is 12.1 Å². The van der Waals surface area contributed by atoms with Crippen molar-refractivity contribution in [1.82, 2.24) is 9.55 Å². The van der Waals surface area contributed by atoms with Gasteiger partial charge in [-0.2, -0.15) is 0 Å². The van der Waals surface area contributed by atoms with E-state index in [1.54, 1.807) is 7.11 Å². The van der Waals surface area contributed by atoms with Crippen LogP contribution < -0.4 is 4.74 Å². The smallest absolute Gasteiger partial charge is 0.146 e. The first-order valence-electron chi connectivity index (χ1n) is 7.18. The monoisotopic (exact) mass is 294 g/mol. The molecule has 1 atom stereocenters. The molecule has 2 rings (SSSR count). The third kappa shape index (κ3) is 2.93. The van der Waals surface area contributed by atoms with Crippen LogP contribution >= 0.6 is 11.6 Å². The molecule has 0 saturated carbocycles. The highest BCUT2D eigenvalue weighted by atomic mass is 35.5. The fraction of sp³-hybridized carbons (Fsp3) is 0.562. The van der Waals surface area contributed by atoms with Gasteiger partial charge in [-0.05, 0) is 37.8 Å². The lowest BCUT2D eigenvalue weighted by molar-refractivity contribution is 0.419. The van der Waals surface area contributed by atoms with Gasteiger partial charge >= 0.3 is 0 Å². The molecule has 1 aromatic heterocycles. The van der Waals surface area contributed by atoms with E-state index in [0.717, 1.165) is 29.0 Å². The standard InChI is InChI=1S/C16H23ClN2O/c1-11(2)8-9-12(3)19-13-6-5-7-14(20-4)16(13)18-15(19)10-17/h5-7,11-12H,8-10H2,1-4H3. The van der Waals surface area contributed by atoms with E-state index < -0.39 is 0 Å². The van der Waals surface area contributed by atoms with Crippen molar-refractivity contribution in [3.8, 4) is 5.75 Å². The molecule has 110 valence electrons. The summed E-state index contributed by atoms with van der Waals surface area (Å²) in [6.45, 7) is 6.74. The van der Waals surface area contributed by atoms with E-state index in [4.69, 9.17) is 16.3 Å². The van der Waals surface area contributed by atoms with E-state index >= 15 is 0 Å². The van der Waals surface area contributed by atoms with Crippen LogP contribution in [-0.2, 0) is 5.88 Å². The number of hydrogen-bond donors (Lipinski definition) is 0. The number of para-hydroxylation sites is 1. The van der Waals surface area contributed by atoms with E-state index in [-0.39, 0.29) is 0 Å². The molecule has 3 nitrogen and oxygen atoms in total. The number of halogens is 1. The van der Waals surface area contributed by atoms with Gasteiger partial charge in [-0.1, -0.05) is 19.9 Å². The van der Waals surface area contributed by atoms with Crippen LogP contribution in [0.25, 0.3) is 11.0 Å². The van der Waals surface area contributed by atoms with Crippen molar-refractivity contribution in [3.05, 3.63) is 24.0 Å². The molecule has 0 aliphatic carbocycles. The van der Waals surface area contributed by atoms with Crippen molar-refractivity contribution in [2.24, 2.45) is 5.92 Å².